The molecule has 0 aromatic carbocycles. The molecule has 0 radical (unpaired) electrons. The molecule has 0 heterocycles. The van der Waals surface area contributed by atoms with Gasteiger partial charge < -0.3 is 5.73 Å². The summed E-state index contributed by atoms with van der Waals surface area (Å²) >= 11 is 0. The Morgan fingerprint density at radius 2 is 1.41 bits per heavy atom. The van der Waals surface area contributed by atoms with Gasteiger partial charge in [0.05, 0.1) is 5.92 Å². The maximum Gasteiger partial charge on any atom is 0.391 e. The molecule has 2 rings (SSSR count). The molecule has 2 N–H and O–H groups in total. The lowest BCUT2D eigenvalue weighted by molar-refractivity contribution is -0.185. The van der Waals surface area contributed by atoms with Crippen molar-refractivity contribution in [1.82, 2.24) is 0 Å². The Kier molecular flexibility index (Phi) is 3.71. The van der Waals surface area contributed by atoms with Gasteiger partial charge in [-0.05, 0) is 44.4 Å². The van der Waals surface area contributed by atoms with Crippen molar-refractivity contribution < 1.29 is 13.2 Å². The predicted octanol–water partition coefficient (Wildman–Crippen LogP) is 4.02. The largest absolute Gasteiger partial charge is 0.391 e. The van der Waals surface area contributed by atoms with Crippen molar-refractivity contribution in [3.05, 3.63) is 0 Å². The van der Waals surface area contributed by atoms with Gasteiger partial charge >= 0.3 is 6.18 Å². The molecular weight excluding hydrogens is 227 g/mol. The van der Waals surface area contributed by atoms with Crippen molar-refractivity contribution in [3.63, 3.8) is 0 Å². The Bertz CT molecular complexity index is 248. The first kappa shape index (κ1) is 13.2. The molecule has 100 valence electrons. The van der Waals surface area contributed by atoms with Gasteiger partial charge in [-0.2, -0.15) is 13.2 Å². The number of hydrogen-bond donors (Lipinski definition) is 1. The van der Waals surface area contributed by atoms with Crippen molar-refractivity contribution in [1.29, 1.82) is 0 Å². The van der Waals surface area contributed by atoms with E-state index in [1.54, 1.807) is 0 Å². The number of alkyl halides is 3. The van der Waals surface area contributed by atoms with Crippen molar-refractivity contribution in [2.45, 2.75) is 69.5 Å². The number of hydrogen-bond acceptors (Lipinski definition) is 1. The first-order chi connectivity index (χ1) is 7.92. The summed E-state index contributed by atoms with van der Waals surface area (Å²) in [6, 6.07) is 0. The lowest BCUT2D eigenvalue weighted by Crippen LogP contribution is -2.51. The molecule has 2 aliphatic rings. The van der Waals surface area contributed by atoms with Crippen LogP contribution in [0.1, 0.15) is 57.8 Å². The van der Waals surface area contributed by atoms with Crippen LogP contribution in [0.3, 0.4) is 0 Å². The molecule has 0 amide bonds. The molecular formula is C13H22F3N. The Morgan fingerprint density at radius 3 is 1.88 bits per heavy atom. The summed E-state index contributed by atoms with van der Waals surface area (Å²) in [7, 11) is 0. The van der Waals surface area contributed by atoms with Gasteiger partial charge in [0.2, 0.25) is 0 Å². The third-order valence-corrected chi connectivity index (χ3v) is 4.80. The second kappa shape index (κ2) is 4.79. The number of nitrogens with two attached hydrogens (primary N) is 1. The summed E-state index contributed by atoms with van der Waals surface area (Å²) in [5.74, 6) is -0.645. The van der Waals surface area contributed by atoms with Crippen LogP contribution in [0.4, 0.5) is 13.2 Å². The maximum absolute atomic E-state index is 12.6. The smallest absolute Gasteiger partial charge is 0.325 e. The van der Waals surface area contributed by atoms with E-state index in [0.29, 0.717) is 18.8 Å². The van der Waals surface area contributed by atoms with Gasteiger partial charge in [0, 0.05) is 5.54 Å². The highest BCUT2D eigenvalue weighted by Gasteiger charge is 2.46. The average Bonchev–Trinajstić information content (AvgIpc) is 2.29. The number of halogens is 3. The molecule has 0 aliphatic heterocycles. The van der Waals surface area contributed by atoms with Crippen molar-refractivity contribution in [3.8, 4) is 0 Å². The minimum Gasteiger partial charge on any atom is -0.325 e. The van der Waals surface area contributed by atoms with Crippen LogP contribution < -0.4 is 5.73 Å². The fourth-order valence-corrected chi connectivity index (χ4v) is 3.57. The van der Waals surface area contributed by atoms with Crippen molar-refractivity contribution in [2.75, 3.05) is 0 Å². The van der Waals surface area contributed by atoms with Crippen molar-refractivity contribution in [2.24, 2.45) is 17.6 Å². The highest BCUT2D eigenvalue weighted by molar-refractivity contribution is 4.97. The molecule has 17 heavy (non-hydrogen) atoms. The minimum atomic E-state index is -4.02. The molecule has 2 saturated carbocycles. The summed E-state index contributed by atoms with van der Waals surface area (Å²) in [6.45, 7) is 0. The molecule has 0 unspecified atom stereocenters. The minimum absolute atomic E-state index is 0.233. The fourth-order valence-electron chi connectivity index (χ4n) is 3.57. The van der Waals surface area contributed by atoms with E-state index in [1.165, 1.54) is 19.3 Å². The van der Waals surface area contributed by atoms with Crippen LogP contribution in [-0.4, -0.2) is 11.7 Å². The number of rotatable bonds is 1. The van der Waals surface area contributed by atoms with Gasteiger partial charge in [-0.3, -0.25) is 0 Å². The molecule has 0 atom stereocenters. The van der Waals surface area contributed by atoms with Crippen LogP contribution >= 0.6 is 0 Å². The molecule has 1 nitrogen and oxygen atoms in total. The Hall–Kier alpha value is -0.250. The molecule has 0 aromatic heterocycles. The van der Waals surface area contributed by atoms with Gasteiger partial charge in [-0.1, -0.05) is 19.3 Å². The summed E-state index contributed by atoms with van der Waals surface area (Å²) in [4.78, 5) is 0. The van der Waals surface area contributed by atoms with Crippen LogP contribution in [-0.2, 0) is 0 Å². The lowest BCUT2D eigenvalue weighted by Gasteiger charge is -2.44. The highest BCUT2D eigenvalue weighted by Crippen LogP contribution is 2.45. The zero-order chi connectivity index (χ0) is 12.5. The van der Waals surface area contributed by atoms with E-state index in [4.69, 9.17) is 5.73 Å². The quantitative estimate of drug-likeness (QED) is 0.746. The van der Waals surface area contributed by atoms with Crippen LogP contribution in [0.2, 0.25) is 0 Å². The first-order valence-corrected chi connectivity index (χ1v) is 6.77. The second-order valence-electron chi connectivity index (χ2n) is 5.88. The molecule has 0 bridgehead atoms. The van der Waals surface area contributed by atoms with E-state index < -0.39 is 12.1 Å². The van der Waals surface area contributed by atoms with E-state index >= 15 is 0 Å². The van der Waals surface area contributed by atoms with Gasteiger partial charge in [0.1, 0.15) is 0 Å². The van der Waals surface area contributed by atoms with Gasteiger partial charge in [0.15, 0.2) is 0 Å². The first-order valence-electron chi connectivity index (χ1n) is 6.77. The van der Waals surface area contributed by atoms with Crippen molar-refractivity contribution >= 4 is 0 Å². The molecule has 4 heteroatoms. The van der Waals surface area contributed by atoms with Crippen LogP contribution in [0.5, 0.6) is 0 Å². The summed E-state index contributed by atoms with van der Waals surface area (Å²) in [5.41, 5.74) is 6.07. The Balaban J connectivity index is 1.92. The van der Waals surface area contributed by atoms with Gasteiger partial charge in [0.25, 0.3) is 0 Å². The van der Waals surface area contributed by atoms with Crippen LogP contribution in [0.15, 0.2) is 0 Å². The monoisotopic (exact) mass is 249 g/mol. The van der Waals surface area contributed by atoms with E-state index in [-0.39, 0.29) is 18.4 Å². The maximum atomic E-state index is 12.6. The topological polar surface area (TPSA) is 26.0 Å². The molecule has 2 fully saturated rings. The molecule has 2 aliphatic carbocycles. The van der Waals surface area contributed by atoms with E-state index in [0.717, 1.165) is 12.8 Å². The highest BCUT2D eigenvalue weighted by atomic mass is 19.4. The fraction of sp³-hybridized carbons (Fsp3) is 1.00. The van der Waals surface area contributed by atoms with Gasteiger partial charge in [-0.15, -0.1) is 0 Å². The lowest BCUT2D eigenvalue weighted by atomic mass is 9.66. The van der Waals surface area contributed by atoms with E-state index in [1.807, 2.05) is 0 Å². The molecule has 0 saturated heterocycles. The molecule has 0 spiro atoms. The van der Waals surface area contributed by atoms with Crippen LogP contribution in [0, 0.1) is 11.8 Å². The average molecular weight is 249 g/mol. The second-order valence-corrected chi connectivity index (χ2v) is 5.88. The van der Waals surface area contributed by atoms with Gasteiger partial charge in [-0.25, -0.2) is 0 Å². The standard InChI is InChI=1S/C13H22F3N/c14-13(15,16)11-6-8-12(17,9-7-11)10-4-2-1-3-5-10/h10-11H,1-9,17H2. The Morgan fingerprint density at radius 1 is 0.882 bits per heavy atom. The zero-order valence-corrected chi connectivity index (χ0v) is 10.2. The van der Waals surface area contributed by atoms with E-state index in [9.17, 15) is 13.2 Å². The summed E-state index contributed by atoms with van der Waals surface area (Å²) in [6.07, 6.45) is 3.46. The predicted molar refractivity (Wildman–Crippen MR) is 61.5 cm³/mol. The zero-order valence-electron chi connectivity index (χ0n) is 10.2. The third-order valence-electron chi connectivity index (χ3n) is 4.80. The van der Waals surface area contributed by atoms with E-state index in [2.05, 4.69) is 0 Å². The SMILES string of the molecule is NC1(C2CCCCC2)CCC(C(F)(F)F)CC1. The summed E-state index contributed by atoms with van der Waals surface area (Å²) in [5, 5.41) is 0. The molecule has 0 aromatic rings. The normalized spacial score (nSPS) is 37.1. The Labute approximate surface area is 101 Å². The summed E-state index contributed by atoms with van der Waals surface area (Å²) < 4.78 is 37.8. The third kappa shape index (κ3) is 2.95. The van der Waals surface area contributed by atoms with Crippen LogP contribution in [0.25, 0.3) is 0 Å².